The maximum Gasteiger partial charge on any atom is 0.141 e. The van der Waals surface area contributed by atoms with Crippen LogP contribution in [0, 0.1) is 5.82 Å². The van der Waals surface area contributed by atoms with E-state index in [0.717, 1.165) is 17.7 Å². The van der Waals surface area contributed by atoms with E-state index >= 15 is 0 Å². The van der Waals surface area contributed by atoms with Gasteiger partial charge in [-0.3, -0.25) is 0 Å². The Bertz CT molecular complexity index is 616. The molecule has 0 atom stereocenters. The molecule has 0 aliphatic heterocycles. The highest BCUT2D eigenvalue weighted by Crippen LogP contribution is 2.35. The minimum absolute atomic E-state index is 0.279. The van der Waals surface area contributed by atoms with Crippen LogP contribution in [-0.2, 0) is 6.54 Å². The Labute approximate surface area is 120 Å². The Balaban J connectivity index is 2.05. The van der Waals surface area contributed by atoms with Crippen LogP contribution in [0.4, 0.5) is 4.39 Å². The lowest BCUT2D eigenvalue weighted by Crippen LogP contribution is -2.15. The zero-order valence-corrected chi connectivity index (χ0v) is 12.7. The van der Waals surface area contributed by atoms with Crippen LogP contribution < -0.4 is 5.32 Å². The van der Waals surface area contributed by atoms with Gasteiger partial charge >= 0.3 is 0 Å². The molecule has 1 N–H and O–H groups in total. The van der Waals surface area contributed by atoms with Crippen LogP contribution in [0.5, 0.6) is 0 Å². The second-order valence-corrected chi connectivity index (χ2v) is 6.37. The monoisotopic (exact) mass is 325 g/mol. The molecule has 1 heterocycles. The van der Waals surface area contributed by atoms with Crippen molar-refractivity contribution in [3.63, 3.8) is 0 Å². The minimum atomic E-state index is -0.279. The van der Waals surface area contributed by atoms with Crippen molar-refractivity contribution in [2.24, 2.45) is 0 Å². The summed E-state index contributed by atoms with van der Waals surface area (Å²) < 4.78 is 19.9. The maximum atomic E-state index is 13.6. The molecule has 1 aliphatic carbocycles. The average molecular weight is 326 g/mol. The molecular formula is C15H17BrFNO. The molecule has 0 saturated heterocycles. The van der Waals surface area contributed by atoms with Crippen LogP contribution in [0.3, 0.4) is 0 Å². The van der Waals surface area contributed by atoms with Crippen molar-refractivity contribution < 1.29 is 8.81 Å². The van der Waals surface area contributed by atoms with E-state index in [1.165, 1.54) is 24.5 Å². The number of nitrogens with one attached hydrogen (secondary N) is 1. The molecule has 1 fully saturated rings. The number of fused-ring (bicyclic) bond motifs is 1. The Morgan fingerprint density at radius 2 is 2.16 bits per heavy atom. The van der Waals surface area contributed by atoms with Gasteiger partial charge in [0.25, 0.3) is 0 Å². The largest absolute Gasteiger partial charge is 0.459 e. The molecule has 0 bridgehead atoms. The highest BCUT2D eigenvalue weighted by molar-refractivity contribution is 9.10. The predicted octanol–water partition coefficient (Wildman–Crippen LogP) is 4.71. The van der Waals surface area contributed by atoms with E-state index in [9.17, 15) is 4.39 Å². The second-order valence-electron chi connectivity index (χ2n) is 5.51. The Morgan fingerprint density at radius 3 is 2.79 bits per heavy atom. The molecule has 0 unspecified atom stereocenters. The third-order valence-electron chi connectivity index (χ3n) is 3.55. The molecule has 1 aromatic carbocycles. The van der Waals surface area contributed by atoms with Gasteiger partial charge in [0, 0.05) is 23.1 Å². The average Bonchev–Trinajstić information content (AvgIpc) is 3.10. The van der Waals surface area contributed by atoms with E-state index in [-0.39, 0.29) is 5.82 Å². The zero-order valence-electron chi connectivity index (χ0n) is 11.1. The second kappa shape index (κ2) is 4.91. The summed E-state index contributed by atoms with van der Waals surface area (Å²) in [6.07, 6.45) is 2.49. The van der Waals surface area contributed by atoms with Gasteiger partial charge in [-0.05, 0) is 40.8 Å². The Morgan fingerprint density at radius 1 is 1.42 bits per heavy atom. The molecule has 0 amide bonds. The summed E-state index contributed by atoms with van der Waals surface area (Å²) in [7, 11) is 0. The van der Waals surface area contributed by atoms with Crippen molar-refractivity contribution in [3.05, 3.63) is 33.7 Å². The number of hydrogen-bond donors (Lipinski definition) is 1. The molecule has 2 aromatic rings. The number of halogens is 2. The molecular weight excluding hydrogens is 309 g/mol. The summed E-state index contributed by atoms with van der Waals surface area (Å²) in [5.74, 6) is 1.02. The van der Waals surface area contributed by atoms with Gasteiger partial charge in [0.15, 0.2) is 0 Å². The van der Waals surface area contributed by atoms with Crippen LogP contribution in [0.25, 0.3) is 11.0 Å². The van der Waals surface area contributed by atoms with Gasteiger partial charge in [-0.1, -0.05) is 13.8 Å². The number of furan rings is 1. The van der Waals surface area contributed by atoms with E-state index in [4.69, 9.17) is 4.42 Å². The molecule has 3 rings (SSSR count). The summed E-state index contributed by atoms with van der Waals surface area (Å²) in [5, 5.41) is 4.47. The molecule has 1 aromatic heterocycles. The maximum absolute atomic E-state index is 13.6. The van der Waals surface area contributed by atoms with Crippen LogP contribution in [-0.4, -0.2) is 6.04 Å². The quantitative estimate of drug-likeness (QED) is 0.880. The Kier molecular flexibility index (Phi) is 3.39. The molecule has 4 heteroatoms. The van der Waals surface area contributed by atoms with Gasteiger partial charge in [0.05, 0.1) is 11.0 Å². The van der Waals surface area contributed by atoms with E-state index < -0.39 is 0 Å². The highest BCUT2D eigenvalue weighted by Gasteiger charge is 2.23. The summed E-state index contributed by atoms with van der Waals surface area (Å²) in [6.45, 7) is 5.01. The predicted molar refractivity (Wildman–Crippen MR) is 77.8 cm³/mol. The van der Waals surface area contributed by atoms with Crippen molar-refractivity contribution in [2.45, 2.75) is 45.2 Å². The smallest absolute Gasteiger partial charge is 0.141 e. The van der Waals surface area contributed by atoms with Crippen molar-refractivity contribution in [3.8, 4) is 0 Å². The van der Waals surface area contributed by atoms with Crippen LogP contribution in [0.2, 0.25) is 0 Å². The van der Waals surface area contributed by atoms with Gasteiger partial charge in [-0.15, -0.1) is 0 Å². The molecule has 2 nitrogen and oxygen atoms in total. The number of hydrogen-bond acceptors (Lipinski definition) is 2. The molecule has 1 aliphatic rings. The Hall–Kier alpha value is -0.870. The third kappa shape index (κ3) is 2.56. The standard InChI is InChI=1S/C15H17BrFNO/c1-8(2)15-10-5-11(16)12(17)6-13(10)19-14(15)7-18-9-3-4-9/h5-6,8-9,18H,3-4,7H2,1-2H3. The first-order chi connectivity index (χ1) is 9.06. The van der Waals surface area contributed by atoms with Gasteiger partial charge in [0.2, 0.25) is 0 Å². The van der Waals surface area contributed by atoms with Crippen LogP contribution in [0.1, 0.15) is 43.9 Å². The number of benzene rings is 1. The van der Waals surface area contributed by atoms with Crippen LogP contribution in [0.15, 0.2) is 21.0 Å². The summed E-state index contributed by atoms with van der Waals surface area (Å²) in [5.41, 5.74) is 1.82. The van der Waals surface area contributed by atoms with Crippen molar-refractivity contribution in [2.75, 3.05) is 0 Å². The minimum Gasteiger partial charge on any atom is -0.459 e. The molecule has 19 heavy (non-hydrogen) atoms. The molecule has 0 spiro atoms. The normalized spacial score (nSPS) is 15.6. The summed E-state index contributed by atoms with van der Waals surface area (Å²) >= 11 is 3.25. The molecule has 102 valence electrons. The fourth-order valence-electron chi connectivity index (χ4n) is 2.45. The lowest BCUT2D eigenvalue weighted by molar-refractivity contribution is 0.501. The third-order valence-corrected chi connectivity index (χ3v) is 4.16. The van der Waals surface area contributed by atoms with Crippen molar-refractivity contribution in [1.29, 1.82) is 0 Å². The SMILES string of the molecule is CC(C)c1c(CNC2CC2)oc2cc(F)c(Br)cc12. The van der Waals surface area contributed by atoms with Gasteiger partial charge in [-0.25, -0.2) is 4.39 Å². The fraction of sp³-hybridized carbons (Fsp3) is 0.467. The summed E-state index contributed by atoms with van der Waals surface area (Å²) in [6, 6.07) is 3.92. The summed E-state index contributed by atoms with van der Waals surface area (Å²) in [4.78, 5) is 0. The van der Waals surface area contributed by atoms with Gasteiger partial charge in [0.1, 0.15) is 17.2 Å². The van der Waals surface area contributed by atoms with Crippen LogP contribution >= 0.6 is 15.9 Å². The van der Waals surface area contributed by atoms with E-state index in [1.54, 1.807) is 0 Å². The van der Waals surface area contributed by atoms with Crippen molar-refractivity contribution >= 4 is 26.9 Å². The topological polar surface area (TPSA) is 25.2 Å². The fourth-order valence-corrected chi connectivity index (χ4v) is 2.79. The highest BCUT2D eigenvalue weighted by atomic mass is 79.9. The van der Waals surface area contributed by atoms with Crippen molar-refractivity contribution in [1.82, 2.24) is 5.32 Å². The molecule has 0 radical (unpaired) electrons. The molecule has 1 saturated carbocycles. The van der Waals surface area contributed by atoms with E-state index in [1.807, 2.05) is 6.07 Å². The zero-order chi connectivity index (χ0) is 13.6. The first-order valence-electron chi connectivity index (χ1n) is 6.70. The first-order valence-corrected chi connectivity index (χ1v) is 7.49. The lowest BCUT2D eigenvalue weighted by Gasteiger charge is -2.07. The van der Waals surface area contributed by atoms with E-state index in [2.05, 4.69) is 35.1 Å². The first kappa shape index (κ1) is 13.1. The van der Waals surface area contributed by atoms with Gasteiger partial charge in [-0.2, -0.15) is 0 Å². The lowest BCUT2D eigenvalue weighted by atomic mass is 9.99. The van der Waals surface area contributed by atoms with Gasteiger partial charge < -0.3 is 9.73 Å². The van der Waals surface area contributed by atoms with E-state index in [0.29, 0.717) is 22.0 Å². The number of rotatable bonds is 4.